The zero-order valence-corrected chi connectivity index (χ0v) is 18.9. The summed E-state index contributed by atoms with van der Waals surface area (Å²) >= 11 is 12.1. The maximum absolute atomic E-state index is 14.1. The minimum Gasteiger partial charge on any atom is -0.488 e. The zero-order chi connectivity index (χ0) is 22.7. The molecule has 0 atom stereocenters. The number of benzene rings is 2. The number of rotatable bonds is 7. The van der Waals surface area contributed by atoms with E-state index in [1.807, 2.05) is 6.07 Å². The molecule has 0 unspecified atom stereocenters. The molecule has 0 saturated carbocycles. The number of carbonyl (C=O) groups is 1. The maximum atomic E-state index is 14.1. The highest BCUT2D eigenvalue weighted by Gasteiger charge is 2.27. The van der Waals surface area contributed by atoms with E-state index in [9.17, 15) is 9.18 Å². The summed E-state index contributed by atoms with van der Waals surface area (Å²) in [6.45, 7) is 3.32. The van der Waals surface area contributed by atoms with E-state index in [2.05, 4.69) is 9.88 Å². The van der Waals surface area contributed by atoms with Gasteiger partial charge >= 0.3 is 5.97 Å². The number of ether oxygens (including phenoxy) is 2. The highest BCUT2D eigenvalue weighted by Crippen LogP contribution is 2.33. The third-order valence-corrected chi connectivity index (χ3v) is 5.71. The van der Waals surface area contributed by atoms with Crippen LogP contribution in [0, 0.1) is 5.82 Å². The molecule has 1 aliphatic rings. The third kappa shape index (κ3) is 4.81. The Morgan fingerprint density at radius 2 is 1.91 bits per heavy atom. The molecule has 0 fully saturated rings. The maximum Gasteiger partial charge on any atom is 0.338 e. The van der Waals surface area contributed by atoms with Gasteiger partial charge in [0, 0.05) is 46.0 Å². The van der Waals surface area contributed by atoms with Crippen molar-refractivity contribution < 1.29 is 18.7 Å². The van der Waals surface area contributed by atoms with Gasteiger partial charge in [0.1, 0.15) is 24.0 Å². The molecule has 1 aromatic heterocycles. The molecule has 32 heavy (non-hydrogen) atoms. The minimum absolute atomic E-state index is 0.0550. The largest absolute Gasteiger partial charge is 0.488 e. The number of halogens is 3. The highest BCUT2D eigenvalue weighted by atomic mass is 35.5. The highest BCUT2D eigenvalue weighted by molar-refractivity contribution is 6.30. The molecule has 5 nitrogen and oxygen atoms in total. The van der Waals surface area contributed by atoms with Gasteiger partial charge in [-0.3, -0.25) is 0 Å². The fraction of sp³-hybridized carbons (Fsp3) is 0.250. The fourth-order valence-electron chi connectivity index (χ4n) is 3.72. The molecule has 4 rings (SSSR count). The van der Waals surface area contributed by atoms with Crippen LogP contribution in [-0.2, 0) is 24.3 Å². The van der Waals surface area contributed by atoms with E-state index in [4.69, 9.17) is 32.7 Å². The second-order valence-corrected chi connectivity index (χ2v) is 8.20. The Hall–Kier alpha value is -2.83. The number of aromatic nitrogens is 1. The van der Waals surface area contributed by atoms with Crippen molar-refractivity contribution >= 4 is 35.0 Å². The summed E-state index contributed by atoms with van der Waals surface area (Å²) < 4.78 is 25.2. The number of hydrogen-bond donors (Lipinski definition) is 0. The van der Waals surface area contributed by atoms with Gasteiger partial charge in [-0.2, -0.15) is 0 Å². The van der Waals surface area contributed by atoms with Gasteiger partial charge in [0.15, 0.2) is 0 Å². The van der Waals surface area contributed by atoms with Gasteiger partial charge in [0.25, 0.3) is 0 Å². The van der Waals surface area contributed by atoms with Crippen molar-refractivity contribution in [2.45, 2.75) is 26.5 Å². The average Bonchev–Trinajstić information content (AvgIpc) is 3.17. The Balaban J connectivity index is 1.55. The number of nitrogens with zero attached hydrogens (tertiary/aromatic N) is 2. The molecule has 0 spiro atoms. The van der Waals surface area contributed by atoms with E-state index in [1.165, 1.54) is 6.07 Å². The normalized spacial score (nSPS) is 12.6. The first-order valence-electron chi connectivity index (χ1n) is 10.2. The standard InChI is InChI=1S/C24H21Cl2FN2O3/c1-2-31-24(30)20-7-9-28-23-19(20)8-10-29(23)13-16-11-17(25)5-6-22(16)32-14-15-3-4-18(26)12-21(15)27/h3-7,9,11-12H,2,8,10,13-14H2,1H3. The quantitative estimate of drug-likeness (QED) is 0.402. The van der Waals surface area contributed by atoms with Crippen LogP contribution in [0.15, 0.2) is 48.7 Å². The first kappa shape index (κ1) is 22.4. The molecule has 1 aliphatic heterocycles. The monoisotopic (exact) mass is 474 g/mol. The number of carbonyl (C=O) groups excluding carboxylic acids is 1. The average molecular weight is 475 g/mol. The lowest BCUT2D eigenvalue weighted by Gasteiger charge is -2.21. The lowest BCUT2D eigenvalue weighted by atomic mass is 10.1. The number of pyridine rings is 1. The molecular formula is C24H21Cl2FN2O3. The van der Waals surface area contributed by atoms with E-state index >= 15 is 0 Å². The van der Waals surface area contributed by atoms with E-state index in [1.54, 1.807) is 43.5 Å². The van der Waals surface area contributed by atoms with Gasteiger partial charge in [0.2, 0.25) is 0 Å². The Bertz CT molecular complexity index is 1160. The van der Waals surface area contributed by atoms with Crippen molar-refractivity contribution in [1.82, 2.24) is 4.98 Å². The molecule has 0 saturated heterocycles. The number of anilines is 1. The predicted molar refractivity (Wildman–Crippen MR) is 122 cm³/mol. The molecule has 0 N–H and O–H groups in total. The van der Waals surface area contributed by atoms with Crippen LogP contribution in [-0.4, -0.2) is 24.1 Å². The second-order valence-electron chi connectivity index (χ2n) is 7.33. The summed E-state index contributed by atoms with van der Waals surface area (Å²) in [5.41, 5.74) is 2.66. The molecule has 0 amide bonds. The first-order chi connectivity index (χ1) is 15.5. The summed E-state index contributed by atoms with van der Waals surface area (Å²) in [6, 6.07) is 11.5. The molecule has 2 heterocycles. The zero-order valence-electron chi connectivity index (χ0n) is 17.4. The smallest absolute Gasteiger partial charge is 0.338 e. The van der Waals surface area contributed by atoms with Crippen LogP contribution in [0.1, 0.15) is 34.0 Å². The molecule has 8 heteroatoms. The lowest BCUT2D eigenvalue weighted by Crippen LogP contribution is -2.21. The Kier molecular flexibility index (Phi) is 6.82. The molecule has 2 aromatic carbocycles. The van der Waals surface area contributed by atoms with Gasteiger partial charge in [-0.1, -0.05) is 29.3 Å². The second kappa shape index (κ2) is 9.76. The van der Waals surface area contributed by atoms with Crippen LogP contribution in [0.4, 0.5) is 10.2 Å². The van der Waals surface area contributed by atoms with Crippen molar-refractivity contribution in [3.63, 3.8) is 0 Å². The van der Waals surface area contributed by atoms with Crippen molar-refractivity contribution in [2.75, 3.05) is 18.1 Å². The van der Waals surface area contributed by atoms with Crippen molar-refractivity contribution in [1.29, 1.82) is 0 Å². The fourth-order valence-corrected chi connectivity index (χ4v) is 4.07. The van der Waals surface area contributed by atoms with Gasteiger partial charge < -0.3 is 14.4 Å². The van der Waals surface area contributed by atoms with Crippen LogP contribution < -0.4 is 9.64 Å². The first-order valence-corrected chi connectivity index (χ1v) is 11.0. The van der Waals surface area contributed by atoms with Crippen molar-refractivity contribution in [3.8, 4) is 5.75 Å². The van der Waals surface area contributed by atoms with Crippen LogP contribution in [0.5, 0.6) is 5.75 Å². The SMILES string of the molecule is CCOC(=O)c1ccnc2c1CCN2Cc1cc(Cl)ccc1OCc1ccc(Cl)cc1F. The number of hydrogen-bond acceptors (Lipinski definition) is 5. The number of esters is 1. The van der Waals surface area contributed by atoms with Crippen molar-refractivity contribution in [3.05, 3.63) is 86.8 Å². The lowest BCUT2D eigenvalue weighted by molar-refractivity contribution is 0.0525. The number of fused-ring (bicyclic) bond motifs is 1. The Morgan fingerprint density at radius 3 is 2.69 bits per heavy atom. The molecule has 3 aromatic rings. The van der Waals surface area contributed by atoms with E-state index in [-0.39, 0.29) is 12.6 Å². The minimum atomic E-state index is -0.419. The summed E-state index contributed by atoms with van der Waals surface area (Å²) in [5, 5.41) is 0.901. The van der Waals surface area contributed by atoms with Gasteiger partial charge in [-0.05, 0) is 49.7 Å². The molecule has 0 bridgehead atoms. The molecular weight excluding hydrogens is 454 g/mol. The summed E-state index contributed by atoms with van der Waals surface area (Å²) in [6.07, 6.45) is 2.30. The van der Waals surface area contributed by atoms with Crippen LogP contribution >= 0.6 is 23.2 Å². The predicted octanol–water partition coefficient (Wildman–Crippen LogP) is 5.85. The third-order valence-electron chi connectivity index (χ3n) is 5.24. The summed E-state index contributed by atoms with van der Waals surface area (Å²) in [4.78, 5) is 18.8. The Labute approximate surface area is 195 Å². The van der Waals surface area contributed by atoms with E-state index in [0.717, 1.165) is 16.9 Å². The van der Waals surface area contributed by atoms with E-state index < -0.39 is 5.82 Å². The van der Waals surface area contributed by atoms with Crippen LogP contribution in [0.2, 0.25) is 10.0 Å². The van der Waals surface area contributed by atoms with Crippen LogP contribution in [0.3, 0.4) is 0 Å². The van der Waals surface area contributed by atoms with Gasteiger partial charge in [-0.15, -0.1) is 0 Å². The molecule has 0 aliphatic carbocycles. The van der Waals surface area contributed by atoms with Gasteiger partial charge in [0.05, 0.1) is 12.2 Å². The van der Waals surface area contributed by atoms with Crippen molar-refractivity contribution in [2.24, 2.45) is 0 Å². The van der Waals surface area contributed by atoms with Gasteiger partial charge in [-0.25, -0.2) is 14.2 Å². The summed E-state index contributed by atoms with van der Waals surface area (Å²) in [7, 11) is 0. The van der Waals surface area contributed by atoms with E-state index in [0.29, 0.717) is 53.0 Å². The Morgan fingerprint density at radius 1 is 1.12 bits per heavy atom. The molecule has 0 radical (unpaired) electrons. The topological polar surface area (TPSA) is 51.7 Å². The summed E-state index contributed by atoms with van der Waals surface area (Å²) in [5.74, 6) is 0.575. The molecule has 166 valence electrons. The van der Waals surface area contributed by atoms with Crippen LogP contribution in [0.25, 0.3) is 0 Å².